The third-order valence-electron chi connectivity index (χ3n) is 2.58. The summed E-state index contributed by atoms with van der Waals surface area (Å²) >= 11 is 9.48. The number of aliphatic hydroxyl groups excluding tert-OH is 1. The van der Waals surface area contributed by atoms with Gasteiger partial charge in [-0.1, -0.05) is 33.6 Å². The van der Waals surface area contributed by atoms with Crippen LogP contribution in [0.5, 0.6) is 0 Å². The predicted molar refractivity (Wildman–Crippen MR) is 73.2 cm³/mol. The lowest BCUT2D eigenvalue weighted by Crippen LogP contribution is -2.28. The van der Waals surface area contributed by atoms with Gasteiger partial charge in [-0.15, -0.1) is 0 Å². The van der Waals surface area contributed by atoms with E-state index in [2.05, 4.69) is 15.9 Å². The molecule has 5 heteroatoms. The zero-order chi connectivity index (χ0) is 13.0. The van der Waals surface area contributed by atoms with Gasteiger partial charge in [-0.25, -0.2) is 0 Å². The first-order valence-electron chi connectivity index (χ1n) is 5.44. The van der Waals surface area contributed by atoms with Crippen LogP contribution < -0.4 is 5.73 Å². The van der Waals surface area contributed by atoms with Crippen molar-refractivity contribution in [3.63, 3.8) is 0 Å². The van der Waals surface area contributed by atoms with Crippen molar-refractivity contribution in [1.29, 1.82) is 0 Å². The van der Waals surface area contributed by atoms with Gasteiger partial charge in [-0.2, -0.15) is 0 Å². The van der Waals surface area contributed by atoms with Gasteiger partial charge in [0.25, 0.3) is 0 Å². The van der Waals surface area contributed by atoms with Gasteiger partial charge in [-0.3, -0.25) is 0 Å². The summed E-state index contributed by atoms with van der Waals surface area (Å²) < 4.78 is 6.60. The Balaban J connectivity index is 2.86. The molecule has 17 heavy (non-hydrogen) atoms. The number of aliphatic hydroxyl groups is 1. The third-order valence-corrected chi connectivity index (χ3v) is 3.40. The first-order chi connectivity index (χ1) is 7.95. The molecule has 3 nitrogen and oxygen atoms in total. The van der Waals surface area contributed by atoms with E-state index in [1.807, 2.05) is 12.1 Å². The summed E-state index contributed by atoms with van der Waals surface area (Å²) in [5.74, 6) is 0. The van der Waals surface area contributed by atoms with Crippen LogP contribution in [0.3, 0.4) is 0 Å². The van der Waals surface area contributed by atoms with E-state index < -0.39 is 6.10 Å². The minimum atomic E-state index is -0.543. The second kappa shape index (κ2) is 6.71. The Hall–Kier alpha value is -0.130. The van der Waals surface area contributed by atoms with E-state index in [1.165, 1.54) is 0 Å². The Morgan fingerprint density at radius 2 is 2.12 bits per heavy atom. The first-order valence-corrected chi connectivity index (χ1v) is 6.61. The molecule has 0 aliphatic carbocycles. The highest BCUT2D eigenvalue weighted by Crippen LogP contribution is 2.29. The zero-order valence-electron chi connectivity index (χ0n) is 9.86. The maximum Gasteiger partial charge on any atom is 0.0966 e. The summed E-state index contributed by atoms with van der Waals surface area (Å²) in [7, 11) is 0. The molecule has 0 saturated carbocycles. The molecule has 0 aliphatic heterocycles. The summed E-state index contributed by atoms with van der Waals surface area (Å²) in [6, 6.07) is 5.56. The molecule has 0 bridgehead atoms. The largest absolute Gasteiger partial charge is 0.391 e. The second-order valence-corrected chi connectivity index (χ2v) is 5.29. The maximum absolute atomic E-state index is 9.42. The fraction of sp³-hybridized carbons (Fsp3) is 0.500. The molecule has 0 heterocycles. The molecule has 3 N–H and O–H groups in total. The average molecular weight is 323 g/mol. The van der Waals surface area contributed by atoms with Gasteiger partial charge in [0, 0.05) is 21.6 Å². The molecule has 0 radical (unpaired) electrons. The monoisotopic (exact) mass is 321 g/mol. The number of nitrogens with two attached hydrogens (primary N) is 1. The van der Waals surface area contributed by atoms with Crippen molar-refractivity contribution in [2.24, 2.45) is 5.73 Å². The van der Waals surface area contributed by atoms with E-state index >= 15 is 0 Å². The number of hydrogen-bond acceptors (Lipinski definition) is 3. The van der Waals surface area contributed by atoms with Gasteiger partial charge < -0.3 is 15.6 Å². The highest BCUT2D eigenvalue weighted by molar-refractivity contribution is 9.10. The minimum Gasteiger partial charge on any atom is -0.391 e. The molecule has 3 atom stereocenters. The molecule has 0 aliphatic rings. The molecule has 0 fully saturated rings. The maximum atomic E-state index is 9.42. The van der Waals surface area contributed by atoms with E-state index in [4.69, 9.17) is 22.1 Å². The molecule has 1 rings (SSSR count). The number of benzene rings is 1. The van der Waals surface area contributed by atoms with Gasteiger partial charge >= 0.3 is 0 Å². The van der Waals surface area contributed by atoms with Crippen LogP contribution >= 0.6 is 27.5 Å². The van der Waals surface area contributed by atoms with Gasteiger partial charge in [-0.05, 0) is 26.0 Å². The Labute approximate surface area is 115 Å². The van der Waals surface area contributed by atoms with Crippen LogP contribution in [0.2, 0.25) is 5.02 Å². The number of hydrogen-bond donors (Lipinski definition) is 2. The van der Waals surface area contributed by atoms with Crippen LogP contribution in [0.25, 0.3) is 0 Å². The molecular formula is C12H17BrClNO2. The van der Waals surface area contributed by atoms with Crippen molar-refractivity contribution in [2.45, 2.75) is 32.2 Å². The smallest absolute Gasteiger partial charge is 0.0966 e. The predicted octanol–water partition coefficient (Wildman–Crippen LogP) is 2.89. The van der Waals surface area contributed by atoms with E-state index in [-0.39, 0.29) is 12.2 Å². The highest BCUT2D eigenvalue weighted by Gasteiger charge is 2.19. The Kier molecular flexibility index (Phi) is 5.89. The van der Waals surface area contributed by atoms with Gasteiger partial charge in [0.2, 0.25) is 0 Å². The van der Waals surface area contributed by atoms with E-state index in [1.54, 1.807) is 19.9 Å². The van der Waals surface area contributed by atoms with Gasteiger partial charge in [0.1, 0.15) is 0 Å². The third kappa shape index (κ3) is 4.23. The highest BCUT2D eigenvalue weighted by atomic mass is 79.9. The second-order valence-electron chi connectivity index (χ2n) is 3.97. The molecule has 1 aromatic carbocycles. The molecular weight excluding hydrogens is 305 g/mol. The number of rotatable bonds is 5. The van der Waals surface area contributed by atoms with Crippen molar-refractivity contribution in [2.75, 3.05) is 6.54 Å². The van der Waals surface area contributed by atoms with Gasteiger partial charge in [0.15, 0.2) is 0 Å². The van der Waals surface area contributed by atoms with Crippen molar-refractivity contribution in [1.82, 2.24) is 0 Å². The molecule has 0 amide bonds. The SMILES string of the molecule is CC(O)C(C)OC(CN)c1ccc(Br)cc1Cl. The normalized spacial score (nSPS) is 16.6. The van der Waals surface area contributed by atoms with E-state index in [0.29, 0.717) is 11.6 Å². The van der Waals surface area contributed by atoms with E-state index in [9.17, 15) is 5.11 Å². The zero-order valence-corrected chi connectivity index (χ0v) is 12.2. The van der Waals surface area contributed by atoms with Crippen LogP contribution in [0, 0.1) is 0 Å². The number of ether oxygens (including phenoxy) is 1. The molecule has 3 unspecified atom stereocenters. The summed E-state index contributed by atoms with van der Waals surface area (Å²) in [4.78, 5) is 0. The molecule has 0 spiro atoms. The summed E-state index contributed by atoms with van der Waals surface area (Å²) in [6.45, 7) is 3.81. The summed E-state index contributed by atoms with van der Waals surface area (Å²) in [6.07, 6.45) is -1.14. The average Bonchev–Trinajstić information content (AvgIpc) is 2.26. The van der Waals surface area contributed by atoms with E-state index in [0.717, 1.165) is 10.0 Å². The topological polar surface area (TPSA) is 55.5 Å². The fourth-order valence-electron chi connectivity index (χ4n) is 1.39. The Morgan fingerprint density at radius 1 is 1.47 bits per heavy atom. The van der Waals surface area contributed by atoms with Crippen molar-refractivity contribution < 1.29 is 9.84 Å². The first kappa shape index (κ1) is 14.9. The lowest BCUT2D eigenvalue weighted by atomic mass is 10.1. The molecule has 0 saturated heterocycles. The standard InChI is InChI=1S/C12H17BrClNO2/c1-7(16)8(2)17-12(6-15)10-4-3-9(13)5-11(10)14/h3-5,7-8,12,16H,6,15H2,1-2H3. The van der Waals surface area contributed by atoms with Crippen LogP contribution in [-0.4, -0.2) is 23.9 Å². The Morgan fingerprint density at radius 3 is 2.59 bits per heavy atom. The van der Waals surface area contributed by atoms with Crippen LogP contribution in [-0.2, 0) is 4.74 Å². The molecule has 0 aromatic heterocycles. The number of halogens is 2. The Bertz CT molecular complexity index is 374. The van der Waals surface area contributed by atoms with Crippen LogP contribution in [0.1, 0.15) is 25.5 Å². The quantitative estimate of drug-likeness (QED) is 0.876. The van der Waals surface area contributed by atoms with Crippen molar-refractivity contribution >= 4 is 27.5 Å². The van der Waals surface area contributed by atoms with Crippen molar-refractivity contribution in [3.05, 3.63) is 33.3 Å². The van der Waals surface area contributed by atoms with Crippen LogP contribution in [0.4, 0.5) is 0 Å². The lowest BCUT2D eigenvalue weighted by molar-refractivity contribution is -0.0591. The molecule has 1 aromatic rings. The van der Waals surface area contributed by atoms with Gasteiger partial charge in [0.05, 0.1) is 18.3 Å². The summed E-state index contributed by atoms with van der Waals surface area (Å²) in [5.41, 5.74) is 6.52. The van der Waals surface area contributed by atoms with Crippen molar-refractivity contribution in [3.8, 4) is 0 Å². The fourth-order valence-corrected chi connectivity index (χ4v) is 2.19. The van der Waals surface area contributed by atoms with Crippen LogP contribution in [0.15, 0.2) is 22.7 Å². The summed E-state index contributed by atoms with van der Waals surface area (Å²) in [5, 5.41) is 10.0. The lowest BCUT2D eigenvalue weighted by Gasteiger charge is -2.24. The minimum absolute atomic E-state index is 0.289. The molecule has 96 valence electrons.